The fourth-order valence-electron chi connectivity index (χ4n) is 0.964. The van der Waals surface area contributed by atoms with Gasteiger partial charge in [0, 0.05) is 19.1 Å². The second-order valence-corrected chi connectivity index (χ2v) is 3.39. The van der Waals surface area contributed by atoms with Crippen LogP contribution in [0.15, 0.2) is 0 Å². The quantitative estimate of drug-likeness (QED) is 0.583. The molecule has 0 aliphatic heterocycles. The van der Waals surface area contributed by atoms with Crippen molar-refractivity contribution in [2.45, 2.75) is 39.7 Å². The molecule has 0 aromatic rings. The van der Waals surface area contributed by atoms with Crippen molar-refractivity contribution in [2.75, 3.05) is 19.8 Å². The number of Topliss-reactive ketones (excluding diaryl/α,β-unsaturated/α-hetero) is 1. The Morgan fingerprint density at radius 1 is 1.46 bits per heavy atom. The molecule has 78 valence electrons. The lowest BCUT2D eigenvalue weighted by molar-refractivity contribution is -0.123. The minimum Gasteiger partial charge on any atom is -0.374 e. The molecule has 0 aromatic heterocycles. The third-order valence-electron chi connectivity index (χ3n) is 1.65. The number of ketones is 1. The molecule has 13 heavy (non-hydrogen) atoms. The van der Waals surface area contributed by atoms with E-state index in [-0.39, 0.29) is 12.4 Å². The third kappa shape index (κ3) is 9.50. The van der Waals surface area contributed by atoms with E-state index in [4.69, 9.17) is 4.74 Å². The van der Waals surface area contributed by atoms with E-state index >= 15 is 0 Å². The van der Waals surface area contributed by atoms with Gasteiger partial charge in [-0.05, 0) is 19.9 Å². The molecular weight excluding hydrogens is 166 g/mol. The SMILES string of the molecule is CCOCC(=O)CCCNC(C)C. The van der Waals surface area contributed by atoms with Gasteiger partial charge in [-0.3, -0.25) is 4.79 Å². The monoisotopic (exact) mass is 187 g/mol. The summed E-state index contributed by atoms with van der Waals surface area (Å²) in [5, 5.41) is 3.26. The standard InChI is InChI=1S/C10H21NO2/c1-4-13-8-10(12)6-5-7-11-9(2)3/h9,11H,4-8H2,1-3H3. The van der Waals surface area contributed by atoms with Crippen LogP contribution in [0.4, 0.5) is 0 Å². The average Bonchev–Trinajstić information content (AvgIpc) is 2.08. The minimum absolute atomic E-state index is 0.201. The molecular formula is C10H21NO2. The lowest BCUT2D eigenvalue weighted by atomic mass is 10.2. The zero-order valence-corrected chi connectivity index (χ0v) is 8.93. The summed E-state index contributed by atoms with van der Waals surface area (Å²) < 4.78 is 5.00. The predicted molar refractivity (Wildman–Crippen MR) is 53.9 cm³/mol. The first kappa shape index (κ1) is 12.6. The Morgan fingerprint density at radius 2 is 2.15 bits per heavy atom. The van der Waals surface area contributed by atoms with Gasteiger partial charge in [0.15, 0.2) is 5.78 Å². The van der Waals surface area contributed by atoms with Crippen LogP contribution in [-0.4, -0.2) is 31.6 Å². The summed E-state index contributed by atoms with van der Waals surface area (Å²) >= 11 is 0. The molecule has 0 saturated carbocycles. The van der Waals surface area contributed by atoms with Gasteiger partial charge in [0.05, 0.1) is 0 Å². The van der Waals surface area contributed by atoms with Crippen molar-refractivity contribution in [1.82, 2.24) is 5.32 Å². The van der Waals surface area contributed by atoms with E-state index in [1.54, 1.807) is 0 Å². The second-order valence-electron chi connectivity index (χ2n) is 3.39. The van der Waals surface area contributed by atoms with Crippen molar-refractivity contribution in [2.24, 2.45) is 0 Å². The van der Waals surface area contributed by atoms with Gasteiger partial charge in [0.2, 0.25) is 0 Å². The molecule has 0 radical (unpaired) electrons. The highest BCUT2D eigenvalue weighted by Crippen LogP contribution is 1.91. The number of hydrogen-bond donors (Lipinski definition) is 1. The van der Waals surface area contributed by atoms with Crippen LogP contribution in [0, 0.1) is 0 Å². The molecule has 1 N–H and O–H groups in total. The molecule has 0 spiro atoms. The van der Waals surface area contributed by atoms with Crippen molar-refractivity contribution in [3.8, 4) is 0 Å². The average molecular weight is 187 g/mol. The van der Waals surface area contributed by atoms with E-state index in [1.165, 1.54) is 0 Å². The molecule has 0 aliphatic rings. The molecule has 3 heteroatoms. The van der Waals surface area contributed by atoms with Crippen LogP contribution in [0.1, 0.15) is 33.6 Å². The number of rotatable bonds is 8. The molecule has 0 heterocycles. The molecule has 0 fully saturated rings. The van der Waals surface area contributed by atoms with Gasteiger partial charge in [-0.2, -0.15) is 0 Å². The Balaban J connectivity index is 3.17. The normalized spacial score (nSPS) is 10.8. The summed E-state index contributed by atoms with van der Waals surface area (Å²) in [4.78, 5) is 11.1. The van der Waals surface area contributed by atoms with Crippen LogP contribution in [0.5, 0.6) is 0 Å². The van der Waals surface area contributed by atoms with Gasteiger partial charge in [0.1, 0.15) is 6.61 Å². The Labute approximate surface area is 80.8 Å². The van der Waals surface area contributed by atoms with Gasteiger partial charge in [-0.1, -0.05) is 13.8 Å². The summed E-state index contributed by atoms with van der Waals surface area (Å²) in [6.45, 7) is 7.90. The third-order valence-corrected chi connectivity index (χ3v) is 1.65. The van der Waals surface area contributed by atoms with Crippen LogP contribution >= 0.6 is 0 Å². The maximum Gasteiger partial charge on any atom is 0.158 e. The molecule has 0 aromatic carbocycles. The Bertz CT molecular complexity index is 135. The van der Waals surface area contributed by atoms with E-state index < -0.39 is 0 Å². The number of hydrogen-bond acceptors (Lipinski definition) is 3. The van der Waals surface area contributed by atoms with Gasteiger partial charge >= 0.3 is 0 Å². The summed E-state index contributed by atoms with van der Waals surface area (Å²) in [5.41, 5.74) is 0. The minimum atomic E-state index is 0.201. The van der Waals surface area contributed by atoms with Crippen molar-refractivity contribution in [3.05, 3.63) is 0 Å². The number of carbonyl (C=O) groups is 1. The van der Waals surface area contributed by atoms with Crippen molar-refractivity contribution in [3.63, 3.8) is 0 Å². The van der Waals surface area contributed by atoms with E-state index in [2.05, 4.69) is 19.2 Å². The lowest BCUT2D eigenvalue weighted by Crippen LogP contribution is -2.24. The van der Waals surface area contributed by atoms with E-state index in [0.717, 1.165) is 13.0 Å². The van der Waals surface area contributed by atoms with Gasteiger partial charge < -0.3 is 10.1 Å². The molecule has 0 rings (SSSR count). The first-order valence-electron chi connectivity index (χ1n) is 4.99. The molecule has 0 bridgehead atoms. The molecule has 0 unspecified atom stereocenters. The zero-order valence-electron chi connectivity index (χ0n) is 8.93. The Hall–Kier alpha value is -0.410. The van der Waals surface area contributed by atoms with Gasteiger partial charge in [-0.15, -0.1) is 0 Å². The van der Waals surface area contributed by atoms with Crippen molar-refractivity contribution >= 4 is 5.78 Å². The van der Waals surface area contributed by atoms with Crippen LogP contribution in [0.25, 0.3) is 0 Å². The zero-order chi connectivity index (χ0) is 10.1. The topological polar surface area (TPSA) is 38.3 Å². The molecule has 3 nitrogen and oxygen atoms in total. The molecule has 0 saturated heterocycles. The molecule has 0 atom stereocenters. The van der Waals surface area contributed by atoms with Crippen molar-refractivity contribution in [1.29, 1.82) is 0 Å². The van der Waals surface area contributed by atoms with E-state index in [9.17, 15) is 4.79 Å². The summed E-state index contributed by atoms with van der Waals surface area (Å²) in [7, 11) is 0. The smallest absolute Gasteiger partial charge is 0.158 e. The van der Waals surface area contributed by atoms with E-state index in [1.807, 2.05) is 6.92 Å². The fraction of sp³-hybridized carbons (Fsp3) is 0.900. The Morgan fingerprint density at radius 3 is 2.69 bits per heavy atom. The van der Waals surface area contributed by atoms with Crippen molar-refractivity contribution < 1.29 is 9.53 Å². The van der Waals surface area contributed by atoms with Crippen LogP contribution < -0.4 is 5.32 Å². The highest BCUT2D eigenvalue weighted by Gasteiger charge is 2.00. The highest BCUT2D eigenvalue weighted by molar-refractivity contribution is 5.79. The number of carbonyl (C=O) groups excluding carboxylic acids is 1. The predicted octanol–water partition coefficient (Wildman–Crippen LogP) is 1.37. The van der Waals surface area contributed by atoms with E-state index in [0.29, 0.717) is 19.1 Å². The van der Waals surface area contributed by atoms with Gasteiger partial charge in [0.25, 0.3) is 0 Å². The van der Waals surface area contributed by atoms with Crippen LogP contribution in [0.3, 0.4) is 0 Å². The fourth-order valence-corrected chi connectivity index (χ4v) is 0.964. The number of nitrogens with one attached hydrogen (secondary N) is 1. The highest BCUT2D eigenvalue weighted by atomic mass is 16.5. The first-order valence-corrected chi connectivity index (χ1v) is 4.99. The largest absolute Gasteiger partial charge is 0.374 e. The molecule has 0 aliphatic carbocycles. The summed E-state index contributed by atoms with van der Waals surface area (Å²) in [5.74, 6) is 0.201. The summed E-state index contributed by atoms with van der Waals surface area (Å²) in [6.07, 6.45) is 1.53. The van der Waals surface area contributed by atoms with Crippen LogP contribution in [0.2, 0.25) is 0 Å². The maximum absolute atomic E-state index is 11.1. The first-order chi connectivity index (χ1) is 6.16. The maximum atomic E-state index is 11.1. The second kappa shape index (κ2) is 8.20. The summed E-state index contributed by atoms with van der Waals surface area (Å²) in [6, 6.07) is 0.502. The Kier molecular flexibility index (Phi) is 7.94. The lowest BCUT2D eigenvalue weighted by Gasteiger charge is -2.06. The molecule has 0 amide bonds. The van der Waals surface area contributed by atoms with Gasteiger partial charge in [-0.25, -0.2) is 0 Å². The number of ether oxygens (including phenoxy) is 1. The van der Waals surface area contributed by atoms with Crippen LogP contribution in [-0.2, 0) is 9.53 Å².